The van der Waals surface area contributed by atoms with Gasteiger partial charge in [0.1, 0.15) is 11.6 Å². The van der Waals surface area contributed by atoms with E-state index in [1.807, 2.05) is 6.07 Å². The highest BCUT2D eigenvalue weighted by molar-refractivity contribution is 8.03. The number of ether oxygens (including phenoxy) is 1. The molecule has 114 valence electrons. The molecule has 6 heteroatoms. The van der Waals surface area contributed by atoms with E-state index >= 15 is 0 Å². The molecule has 1 heterocycles. The fourth-order valence-electron chi connectivity index (χ4n) is 2.48. The number of hydrogen-bond donors (Lipinski definition) is 2. The monoisotopic (exact) mass is 307 g/mol. The highest BCUT2D eigenvalue weighted by Gasteiger charge is 2.32. The molecule has 0 spiro atoms. The predicted octanol–water partition coefficient (Wildman–Crippen LogP) is 1.89. The maximum atomic E-state index is 12.1. The van der Waals surface area contributed by atoms with Gasteiger partial charge in [-0.3, -0.25) is 4.79 Å². The zero-order chi connectivity index (χ0) is 15.1. The van der Waals surface area contributed by atoms with Gasteiger partial charge in [-0.2, -0.15) is 5.26 Å². The van der Waals surface area contributed by atoms with E-state index in [1.165, 1.54) is 0 Å². The number of rotatable bonds is 6. The van der Waals surface area contributed by atoms with E-state index in [-0.39, 0.29) is 16.9 Å². The Labute approximate surface area is 129 Å². The van der Waals surface area contributed by atoms with Gasteiger partial charge in [-0.25, -0.2) is 0 Å². The van der Waals surface area contributed by atoms with Gasteiger partial charge in [0.25, 0.3) is 5.91 Å². The second-order valence-electron chi connectivity index (χ2n) is 5.15. The molecule has 2 aliphatic rings. The number of hydrogen-bond acceptors (Lipinski definition) is 5. The second-order valence-corrected chi connectivity index (χ2v) is 6.30. The van der Waals surface area contributed by atoms with Crippen molar-refractivity contribution in [3.63, 3.8) is 0 Å². The first-order valence-corrected chi connectivity index (χ1v) is 8.14. The average molecular weight is 307 g/mol. The number of methoxy groups -OCH3 is 1. The van der Waals surface area contributed by atoms with Gasteiger partial charge in [-0.1, -0.05) is 23.9 Å². The number of carbonyl (C=O) groups excluding carboxylic acids is 1. The van der Waals surface area contributed by atoms with Crippen molar-refractivity contribution in [3.05, 3.63) is 22.8 Å². The molecule has 2 N–H and O–H groups in total. The van der Waals surface area contributed by atoms with E-state index in [1.54, 1.807) is 18.9 Å². The third-order valence-corrected chi connectivity index (χ3v) is 4.97. The largest absolute Gasteiger partial charge is 0.385 e. The molecule has 2 atom stereocenters. The summed E-state index contributed by atoms with van der Waals surface area (Å²) in [6.45, 7) is 1.36. The molecular weight excluding hydrogens is 286 g/mol. The minimum absolute atomic E-state index is 0.0458. The molecule has 0 saturated carbocycles. The molecule has 0 aromatic carbocycles. The molecule has 0 radical (unpaired) electrons. The summed E-state index contributed by atoms with van der Waals surface area (Å²) in [7, 11) is 1.66. The summed E-state index contributed by atoms with van der Waals surface area (Å²) in [6, 6.07) is 2.01. The lowest BCUT2D eigenvalue weighted by molar-refractivity contribution is -0.117. The smallest absolute Gasteiger partial charge is 0.265 e. The van der Waals surface area contributed by atoms with Crippen molar-refractivity contribution >= 4 is 17.7 Å². The first kappa shape index (κ1) is 15.9. The Morgan fingerprint density at radius 1 is 1.57 bits per heavy atom. The van der Waals surface area contributed by atoms with E-state index in [0.29, 0.717) is 24.1 Å². The Kier molecular flexibility index (Phi) is 6.15. The van der Waals surface area contributed by atoms with Crippen LogP contribution in [0.2, 0.25) is 0 Å². The van der Waals surface area contributed by atoms with E-state index in [0.717, 1.165) is 25.7 Å². The van der Waals surface area contributed by atoms with Crippen molar-refractivity contribution in [2.75, 3.05) is 20.3 Å². The molecule has 5 nitrogen and oxygen atoms in total. The summed E-state index contributed by atoms with van der Waals surface area (Å²) in [5.41, 5.74) is 0.194. The Balaban J connectivity index is 2.01. The van der Waals surface area contributed by atoms with E-state index in [9.17, 15) is 10.1 Å². The lowest BCUT2D eigenvalue weighted by Gasteiger charge is -2.32. The Morgan fingerprint density at radius 2 is 2.43 bits per heavy atom. The van der Waals surface area contributed by atoms with Gasteiger partial charge < -0.3 is 15.4 Å². The zero-order valence-corrected chi connectivity index (χ0v) is 13.0. The summed E-state index contributed by atoms with van der Waals surface area (Å²) in [5, 5.41) is 16.1. The molecule has 1 aliphatic carbocycles. The normalized spacial score (nSPS) is 25.4. The van der Waals surface area contributed by atoms with Crippen molar-refractivity contribution in [2.45, 2.75) is 31.1 Å². The van der Waals surface area contributed by atoms with Crippen LogP contribution in [0.4, 0.5) is 0 Å². The van der Waals surface area contributed by atoms with Gasteiger partial charge in [0.2, 0.25) is 0 Å². The lowest BCUT2D eigenvalue weighted by atomic mass is 9.94. The minimum atomic E-state index is -0.259. The van der Waals surface area contributed by atoms with Gasteiger partial charge in [0.15, 0.2) is 0 Å². The molecule has 0 aromatic rings. The maximum absolute atomic E-state index is 12.1. The van der Waals surface area contributed by atoms with Crippen molar-refractivity contribution in [2.24, 2.45) is 5.92 Å². The summed E-state index contributed by atoms with van der Waals surface area (Å²) in [5.74, 6) is 0.171. The van der Waals surface area contributed by atoms with Gasteiger partial charge in [-0.15, -0.1) is 0 Å². The summed E-state index contributed by atoms with van der Waals surface area (Å²) < 4.78 is 5.01. The minimum Gasteiger partial charge on any atom is -0.385 e. The molecular formula is C15H21N3O2S. The van der Waals surface area contributed by atoms with Crippen molar-refractivity contribution in [1.82, 2.24) is 10.6 Å². The van der Waals surface area contributed by atoms with Crippen molar-refractivity contribution in [3.8, 4) is 6.07 Å². The first-order chi connectivity index (χ1) is 10.3. The highest BCUT2D eigenvalue weighted by atomic mass is 32.2. The molecule has 2 rings (SSSR count). The van der Waals surface area contributed by atoms with Crippen molar-refractivity contribution < 1.29 is 9.53 Å². The molecule has 0 aromatic heterocycles. The number of allylic oxidation sites excluding steroid dienone is 2. The predicted molar refractivity (Wildman–Crippen MR) is 83.1 cm³/mol. The Bertz CT molecular complexity index is 482. The molecule has 0 bridgehead atoms. The molecule has 0 saturated heterocycles. The first-order valence-electron chi connectivity index (χ1n) is 7.26. The average Bonchev–Trinajstić information content (AvgIpc) is 2.52. The van der Waals surface area contributed by atoms with Gasteiger partial charge in [-0.05, 0) is 31.6 Å². The molecule has 1 amide bonds. The van der Waals surface area contributed by atoms with Gasteiger partial charge >= 0.3 is 0 Å². The van der Waals surface area contributed by atoms with Crippen LogP contribution in [0.5, 0.6) is 0 Å². The standard InChI is InChI=1S/C15H21N3O2S/c1-20-9-5-8-17-15-12(10-16)13(19)18-14(21-15)11-6-3-2-4-7-11/h2-3,11,14,17H,4-9H2,1H3,(H,18,19). The number of amides is 1. The maximum Gasteiger partial charge on any atom is 0.265 e. The van der Waals surface area contributed by atoms with Crippen LogP contribution >= 0.6 is 11.8 Å². The van der Waals surface area contributed by atoms with E-state index in [2.05, 4.69) is 22.8 Å². The summed E-state index contributed by atoms with van der Waals surface area (Å²) >= 11 is 1.57. The topological polar surface area (TPSA) is 74.1 Å². The van der Waals surface area contributed by atoms with Crippen LogP contribution in [0.25, 0.3) is 0 Å². The molecule has 21 heavy (non-hydrogen) atoms. The van der Waals surface area contributed by atoms with Crippen LogP contribution in [-0.4, -0.2) is 31.5 Å². The van der Waals surface area contributed by atoms with Gasteiger partial charge in [0, 0.05) is 20.3 Å². The quantitative estimate of drug-likeness (QED) is 0.579. The molecule has 1 aliphatic heterocycles. The Morgan fingerprint density at radius 3 is 3.10 bits per heavy atom. The number of thioether (sulfide) groups is 1. The van der Waals surface area contributed by atoms with Crippen LogP contribution in [0, 0.1) is 17.2 Å². The highest BCUT2D eigenvalue weighted by Crippen LogP contribution is 2.35. The van der Waals surface area contributed by atoms with E-state index < -0.39 is 0 Å². The molecule has 0 fully saturated rings. The number of nitriles is 1. The third-order valence-electron chi connectivity index (χ3n) is 3.63. The van der Waals surface area contributed by atoms with E-state index in [4.69, 9.17) is 4.74 Å². The fourth-order valence-corrected chi connectivity index (χ4v) is 3.78. The number of carbonyl (C=O) groups is 1. The molecule has 2 unspecified atom stereocenters. The van der Waals surface area contributed by atoms with Gasteiger partial charge in [0.05, 0.1) is 10.4 Å². The summed E-state index contributed by atoms with van der Waals surface area (Å²) in [6.07, 6.45) is 8.33. The summed E-state index contributed by atoms with van der Waals surface area (Å²) in [4.78, 5) is 12.1. The fraction of sp³-hybridized carbons (Fsp3) is 0.600. The second kappa shape index (κ2) is 8.11. The Hall–Kier alpha value is -1.45. The van der Waals surface area contributed by atoms with Crippen molar-refractivity contribution in [1.29, 1.82) is 5.26 Å². The van der Waals surface area contributed by atoms with Crippen LogP contribution in [-0.2, 0) is 9.53 Å². The number of nitrogens with one attached hydrogen (secondary N) is 2. The number of nitrogens with zero attached hydrogens (tertiary/aromatic N) is 1. The van der Waals surface area contributed by atoms with Crippen LogP contribution in [0.1, 0.15) is 25.7 Å². The lowest BCUT2D eigenvalue weighted by Crippen LogP contribution is -2.43. The zero-order valence-electron chi connectivity index (χ0n) is 12.2. The van der Waals surface area contributed by atoms with Crippen LogP contribution in [0.15, 0.2) is 22.8 Å². The third kappa shape index (κ3) is 4.26. The van der Waals surface area contributed by atoms with Crippen LogP contribution in [0.3, 0.4) is 0 Å². The van der Waals surface area contributed by atoms with Crippen LogP contribution < -0.4 is 10.6 Å². The SMILES string of the molecule is COCCCNC1=C(C#N)C(=O)NC(C2CC=CCC2)S1.